The van der Waals surface area contributed by atoms with E-state index >= 15 is 0 Å². The van der Waals surface area contributed by atoms with Crippen LogP contribution in [0.5, 0.6) is 0 Å². The van der Waals surface area contributed by atoms with Gasteiger partial charge in [-0.15, -0.1) is 0 Å². The van der Waals surface area contributed by atoms with E-state index in [0.29, 0.717) is 0 Å². The second-order valence-corrected chi connectivity index (χ2v) is 3.11. The fourth-order valence-corrected chi connectivity index (χ4v) is 1.29. The molecule has 14 heavy (non-hydrogen) atoms. The Morgan fingerprint density at radius 2 is 2.00 bits per heavy atom. The number of benzene rings is 1. The van der Waals surface area contributed by atoms with Crippen LogP contribution in [0.3, 0.4) is 0 Å². The first-order valence-electron chi connectivity index (χ1n) is 4.50. The Hall–Kier alpha value is -1.83. The van der Waals surface area contributed by atoms with E-state index in [-0.39, 0.29) is 0 Å². The molecule has 1 heterocycles. The molecule has 0 saturated carbocycles. The third-order valence-corrected chi connectivity index (χ3v) is 2.01. The Kier molecular flexibility index (Phi) is 2.45. The summed E-state index contributed by atoms with van der Waals surface area (Å²) in [5.74, 6) is 0.814. The van der Waals surface area contributed by atoms with E-state index in [4.69, 9.17) is 4.52 Å². The molecule has 2 aromatic rings. The van der Waals surface area contributed by atoms with Crippen LogP contribution in [0.25, 0.3) is 11.6 Å². The molecule has 0 spiro atoms. The van der Waals surface area contributed by atoms with E-state index < -0.39 is 0 Å². The lowest BCUT2D eigenvalue weighted by molar-refractivity contribution is 0.410. The Bertz CT molecular complexity index is 415. The van der Waals surface area contributed by atoms with Gasteiger partial charge in [0.15, 0.2) is 5.76 Å². The molecule has 0 saturated heterocycles. The first-order chi connectivity index (χ1) is 6.86. The number of nitrogens with zero attached hydrogens (tertiary/aromatic N) is 1. The smallest absolute Gasteiger partial charge is 0.162 e. The first-order valence-corrected chi connectivity index (χ1v) is 4.50. The molecule has 0 unspecified atom stereocenters. The van der Waals surface area contributed by atoms with Gasteiger partial charge in [-0.25, -0.2) is 0 Å². The molecular formula is C12H11NO. The Balaban J connectivity index is 2.28. The van der Waals surface area contributed by atoms with Gasteiger partial charge in [0.2, 0.25) is 0 Å². The average Bonchev–Trinajstić information content (AvgIpc) is 2.72. The molecule has 2 rings (SSSR count). The molecule has 2 heteroatoms. The molecule has 0 aliphatic rings. The van der Waals surface area contributed by atoms with Crippen LogP contribution in [-0.2, 0) is 0 Å². The molecule has 0 N–H and O–H groups in total. The molecule has 70 valence electrons. The maximum absolute atomic E-state index is 5.05. The molecular weight excluding hydrogens is 174 g/mol. The van der Waals surface area contributed by atoms with E-state index in [1.54, 1.807) is 6.20 Å². The largest absolute Gasteiger partial charge is 0.357 e. The van der Waals surface area contributed by atoms with Crippen LogP contribution >= 0.6 is 0 Å². The summed E-state index contributed by atoms with van der Waals surface area (Å²) in [5.41, 5.74) is 2.25. The maximum Gasteiger partial charge on any atom is 0.162 e. The van der Waals surface area contributed by atoms with Gasteiger partial charge < -0.3 is 4.52 Å². The Labute approximate surface area is 82.9 Å². The molecule has 0 aliphatic carbocycles. The van der Waals surface area contributed by atoms with Gasteiger partial charge >= 0.3 is 0 Å². The summed E-state index contributed by atoms with van der Waals surface area (Å²) >= 11 is 0. The molecule has 2 nitrogen and oxygen atoms in total. The third-order valence-electron chi connectivity index (χ3n) is 2.01. The number of allylic oxidation sites excluding steroid dienone is 1. The van der Waals surface area contributed by atoms with Crippen LogP contribution in [0.1, 0.15) is 18.2 Å². The average molecular weight is 185 g/mol. The highest BCUT2D eigenvalue weighted by Crippen LogP contribution is 2.16. The third kappa shape index (κ3) is 1.91. The quantitative estimate of drug-likeness (QED) is 0.717. The van der Waals surface area contributed by atoms with Crippen LogP contribution in [-0.4, -0.2) is 5.16 Å². The van der Waals surface area contributed by atoms with Crippen LogP contribution in [0.4, 0.5) is 0 Å². The molecule has 0 atom stereocenters. The van der Waals surface area contributed by atoms with Gasteiger partial charge in [0.1, 0.15) is 0 Å². The van der Waals surface area contributed by atoms with Gasteiger partial charge in [-0.2, -0.15) is 0 Å². The second-order valence-electron chi connectivity index (χ2n) is 3.11. The van der Waals surface area contributed by atoms with Gasteiger partial charge in [0.25, 0.3) is 0 Å². The van der Waals surface area contributed by atoms with Crippen LogP contribution in [0.15, 0.2) is 47.1 Å². The lowest BCUT2D eigenvalue weighted by Crippen LogP contribution is -1.75. The maximum atomic E-state index is 5.05. The van der Waals surface area contributed by atoms with Gasteiger partial charge in [0, 0.05) is 6.07 Å². The zero-order valence-electron chi connectivity index (χ0n) is 7.97. The van der Waals surface area contributed by atoms with E-state index in [9.17, 15) is 0 Å². The van der Waals surface area contributed by atoms with Crippen molar-refractivity contribution >= 4 is 11.6 Å². The van der Waals surface area contributed by atoms with Crippen molar-refractivity contribution in [1.29, 1.82) is 0 Å². The number of aromatic nitrogens is 1. The van der Waals surface area contributed by atoms with E-state index in [1.807, 2.05) is 31.2 Å². The highest BCUT2D eigenvalue weighted by molar-refractivity contribution is 5.77. The number of rotatable bonds is 2. The summed E-state index contributed by atoms with van der Waals surface area (Å²) in [6.07, 6.45) is 3.72. The van der Waals surface area contributed by atoms with Crippen LogP contribution < -0.4 is 0 Å². The van der Waals surface area contributed by atoms with Crippen molar-refractivity contribution in [3.63, 3.8) is 0 Å². The zero-order valence-corrected chi connectivity index (χ0v) is 7.97. The standard InChI is InChI=1S/C12H11NO/c1-10(12-7-8-13-14-12)9-11-5-3-2-4-6-11/h2-9H,1H3/b10-9-. The summed E-state index contributed by atoms with van der Waals surface area (Å²) in [6.45, 7) is 2.01. The number of hydrogen-bond donors (Lipinski definition) is 0. The van der Waals surface area contributed by atoms with Crippen molar-refractivity contribution in [1.82, 2.24) is 5.16 Å². The lowest BCUT2D eigenvalue weighted by atomic mass is 10.1. The van der Waals surface area contributed by atoms with Crippen LogP contribution in [0.2, 0.25) is 0 Å². The zero-order chi connectivity index (χ0) is 9.80. The molecule has 0 fully saturated rings. The molecule has 1 aromatic heterocycles. The summed E-state index contributed by atoms with van der Waals surface area (Å²) in [4.78, 5) is 0. The summed E-state index contributed by atoms with van der Waals surface area (Å²) in [6, 6.07) is 12.0. The van der Waals surface area contributed by atoms with Gasteiger partial charge in [-0.05, 0) is 24.1 Å². The van der Waals surface area contributed by atoms with Crippen molar-refractivity contribution in [3.8, 4) is 0 Å². The fourth-order valence-electron chi connectivity index (χ4n) is 1.29. The van der Waals surface area contributed by atoms with Crippen molar-refractivity contribution in [2.24, 2.45) is 0 Å². The highest BCUT2D eigenvalue weighted by Gasteiger charge is 1.98. The first kappa shape index (κ1) is 8.75. The molecule has 0 aliphatic heterocycles. The minimum absolute atomic E-state index is 0.814. The summed E-state index contributed by atoms with van der Waals surface area (Å²) < 4.78 is 5.05. The SMILES string of the molecule is C/C(=C/c1ccccc1)c1ccno1. The summed E-state index contributed by atoms with van der Waals surface area (Å²) in [5, 5.41) is 3.67. The minimum Gasteiger partial charge on any atom is -0.357 e. The molecule has 0 bridgehead atoms. The minimum atomic E-state index is 0.814. The van der Waals surface area contributed by atoms with Crippen molar-refractivity contribution < 1.29 is 4.52 Å². The molecule has 1 aromatic carbocycles. The van der Waals surface area contributed by atoms with E-state index in [2.05, 4.69) is 23.4 Å². The molecule has 0 amide bonds. The van der Waals surface area contributed by atoms with Crippen molar-refractivity contribution in [2.75, 3.05) is 0 Å². The fraction of sp³-hybridized carbons (Fsp3) is 0.0833. The van der Waals surface area contributed by atoms with Gasteiger partial charge in [-0.1, -0.05) is 35.5 Å². The lowest BCUT2D eigenvalue weighted by Gasteiger charge is -1.95. The highest BCUT2D eigenvalue weighted by atomic mass is 16.5. The second kappa shape index (κ2) is 3.92. The van der Waals surface area contributed by atoms with Crippen molar-refractivity contribution in [3.05, 3.63) is 53.9 Å². The van der Waals surface area contributed by atoms with E-state index in [0.717, 1.165) is 11.3 Å². The summed E-state index contributed by atoms with van der Waals surface area (Å²) in [7, 11) is 0. The van der Waals surface area contributed by atoms with Gasteiger partial charge in [0.05, 0.1) is 6.20 Å². The Morgan fingerprint density at radius 3 is 2.64 bits per heavy atom. The normalized spacial score (nSPS) is 11.6. The Morgan fingerprint density at radius 1 is 1.21 bits per heavy atom. The predicted molar refractivity (Wildman–Crippen MR) is 56.5 cm³/mol. The molecule has 0 radical (unpaired) electrons. The number of hydrogen-bond acceptors (Lipinski definition) is 2. The predicted octanol–water partition coefficient (Wildman–Crippen LogP) is 3.24. The van der Waals surface area contributed by atoms with Crippen LogP contribution in [0, 0.1) is 0 Å². The topological polar surface area (TPSA) is 26.0 Å². The van der Waals surface area contributed by atoms with E-state index in [1.165, 1.54) is 5.56 Å². The monoisotopic (exact) mass is 185 g/mol. The van der Waals surface area contributed by atoms with Gasteiger partial charge in [-0.3, -0.25) is 0 Å². The van der Waals surface area contributed by atoms with Crippen molar-refractivity contribution in [2.45, 2.75) is 6.92 Å².